The molecule has 1 unspecified atom stereocenters. The largest absolute Gasteiger partial charge is 0.408 e. The molecule has 1 saturated heterocycles. The molecule has 14 heteroatoms. The van der Waals surface area contributed by atoms with E-state index in [-0.39, 0.29) is 31.7 Å². The molecule has 3 amide bonds. The van der Waals surface area contributed by atoms with Crippen molar-refractivity contribution in [2.24, 2.45) is 0 Å². The number of aromatic nitrogens is 5. The molecule has 1 aliphatic heterocycles. The molecule has 3 aromatic heterocycles. The van der Waals surface area contributed by atoms with Gasteiger partial charge in [0.05, 0.1) is 24.6 Å². The Morgan fingerprint density at radius 2 is 2.19 bits per heavy atom. The number of carbonyl (C=O) groups is 2. The second-order valence-corrected chi connectivity index (χ2v) is 7.03. The molecule has 0 aromatic carbocycles. The summed E-state index contributed by atoms with van der Waals surface area (Å²) in [6, 6.07) is -0.941. The number of nitrogens with one attached hydrogen (secondary N) is 2. The molecule has 1 atom stereocenters. The van der Waals surface area contributed by atoms with Crippen molar-refractivity contribution < 1.29 is 27.4 Å². The van der Waals surface area contributed by atoms with E-state index >= 15 is 0 Å². The third-order valence-electron chi connectivity index (χ3n) is 4.77. The van der Waals surface area contributed by atoms with Gasteiger partial charge in [-0.1, -0.05) is 5.16 Å². The molecule has 1 fully saturated rings. The normalized spacial score (nSPS) is 17.1. The highest BCUT2D eigenvalue weighted by atomic mass is 19.4. The summed E-state index contributed by atoms with van der Waals surface area (Å²) in [6.45, 7) is 1.77. The highest BCUT2D eigenvalue weighted by molar-refractivity contribution is 5.92. The van der Waals surface area contributed by atoms with Gasteiger partial charge in [-0.2, -0.15) is 18.3 Å². The van der Waals surface area contributed by atoms with Gasteiger partial charge in [-0.15, -0.1) is 0 Å². The number of hydrogen-bond acceptors (Lipinski definition) is 7. The maximum atomic E-state index is 12.8. The van der Waals surface area contributed by atoms with E-state index in [1.165, 1.54) is 15.6 Å². The van der Waals surface area contributed by atoms with E-state index in [0.717, 1.165) is 0 Å². The Morgan fingerprint density at radius 3 is 2.87 bits per heavy atom. The van der Waals surface area contributed by atoms with Crippen LogP contribution in [-0.2, 0) is 13.1 Å². The molecule has 0 bridgehead atoms. The van der Waals surface area contributed by atoms with Gasteiger partial charge >= 0.3 is 12.2 Å². The van der Waals surface area contributed by atoms with Crippen LogP contribution in [0, 0.1) is 6.92 Å². The number of urea groups is 1. The molecule has 4 heterocycles. The maximum absolute atomic E-state index is 12.8. The summed E-state index contributed by atoms with van der Waals surface area (Å²) in [7, 11) is 0. The second kappa shape index (κ2) is 7.85. The molecule has 11 nitrogen and oxygen atoms in total. The van der Waals surface area contributed by atoms with Crippen LogP contribution in [0.4, 0.5) is 18.0 Å². The third-order valence-corrected chi connectivity index (χ3v) is 4.77. The molecule has 0 aliphatic carbocycles. The van der Waals surface area contributed by atoms with Crippen LogP contribution in [0.25, 0.3) is 5.65 Å². The molecule has 0 saturated carbocycles. The summed E-state index contributed by atoms with van der Waals surface area (Å²) >= 11 is 0. The van der Waals surface area contributed by atoms with Gasteiger partial charge in [0, 0.05) is 13.1 Å². The smallest absolute Gasteiger partial charge is 0.345 e. The van der Waals surface area contributed by atoms with Gasteiger partial charge in [-0.3, -0.25) is 4.79 Å². The van der Waals surface area contributed by atoms with E-state index in [2.05, 4.69) is 30.3 Å². The predicted octanol–water partition coefficient (Wildman–Crippen LogP) is 1.20. The van der Waals surface area contributed by atoms with Crippen molar-refractivity contribution in [2.45, 2.75) is 38.7 Å². The summed E-state index contributed by atoms with van der Waals surface area (Å²) in [6.07, 6.45) is -1.56. The first-order valence-electron chi connectivity index (χ1n) is 9.23. The first kappa shape index (κ1) is 20.6. The van der Waals surface area contributed by atoms with Crippen molar-refractivity contribution in [1.82, 2.24) is 40.4 Å². The van der Waals surface area contributed by atoms with Crippen LogP contribution in [0.3, 0.4) is 0 Å². The zero-order valence-electron chi connectivity index (χ0n) is 16.2. The number of imidazole rings is 1. The number of rotatable bonds is 5. The number of fused-ring (bicyclic) bond motifs is 1. The Kier molecular flexibility index (Phi) is 5.20. The molecule has 3 aromatic rings. The number of hydrogen-bond donors (Lipinski definition) is 2. The van der Waals surface area contributed by atoms with Gasteiger partial charge in [-0.05, 0) is 30.1 Å². The monoisotopic (exact) mass is 438 g/mol. The zero-order valence-corrected chi connectivity index (χ0v) is 16.2. The number of carbonyl (C=O) groups excluding carboxylic acids is 2. The van der Waals surface area contributed by atoms with Crippen LogP contribution in [-0.4, -0.2) is 60.5 Å². The first-order valence-corrected chi connectivity index (χ1v) is 9.23. The fourth-order valence-electron chi connectivity index (χ4n) is 3.14. The molecule has 0 radical (unpaired) electrons. The van der Waals surface area contributed by atoms with E-state index in [4.69, 9.17) is 0 Å². The SMILES string of the molecule is Cc1nonc1C(=O)NCc1cn2ncc(CN3CCC(C(F)(F)F)NC3=O)cc2n1. The van der Waals surface area contributed by atoms with Gasteiger partial charge in [0.2, 0.25) is 0 Å². The number of amides is 3. The van der Waals surface area contributed by atoms with Gasteiger partial charge in [0.1, 0.15) is 11.7 Å². The van der Waals surface area contributed by atoms with Gasteiger partial charge in [0.15, 0.2) is 11.3 Å². The van der Waals surface area contributed by atoms with Crippen molar-refractivity contribution in [3.63, 3.8) is 0 Å². The molecule has 4 rings (SSSR count). The average Bonchev–Trinajstić information content (AvgIpc) is 3.32. The lowest BCUT2D eigenvalue weighted by Crippen LogP contribution is -2.56. The van der Waals surface area contributed by atoms with Crippen LogP contribution < -0.4 is 10.6 Å². The van der Waals surface area contributed by atoms with Crippen LogP contribution in [0.15, 0.2) is 23.1 Å². The first-order chi connectivity index (χ1) is 14.7. The minimum absolute atomic E-state index is 0.0246. The second-order valence-electron chi connectivity index (χ2n) is 7.03. The number of aryl methyl sites for hydroxylation is 1. The van der Waals surface area contributed by atoms with E-state index in [1.54, 1.807) is 19.2 Å². The van der Waals surface area contributed by atoms with Gasteiger partial charge in [-0.25, -0.2) is 18.9 Å². The number of alkyl halides is 3. The van der Waals surface area contributed by atoms with Crippen LogP contribution in [0.5, 0.6) is 0 Å². The van der Waals surface area contributed by atoms with E-state index in [1.807, 2.05) is 5.32 Å². The molecule has 1 aliphatic rings. The standard InChI is InChI=1S/C17H17F3N8O3/c1-9-14(26-31-25-9)15(29)21-6-11-8-28-13(23-11)4-10(5-22-28)7-27-3-2-12(17(18,19)20)24-16(27)30/h4-5,8,12H,2-3,6-7H2,1H3,(H,21,29)(H,24,30). The van der Waals surface area contributed by atoms with Crippen molar-refractivity contribution in [1.29, 1.82) is 0 Å². The summed E-state index contributed by atoms with van der Waals surface area (Å²) in [5, 5.41) is 15.9. The summed E-state index contributed by atoms with van der Waals surface area (Å²) < 4.78 is 44.3. The summed E-state index contributed by atoms with van der Waals surface area (Å²) in [5.74, 6) is -0.460. The lowest BCUT2D eigenvalue weighted by Gasteiger charge is -2.33. The lowest BCUT2D eigenvalue weighted by atomic mass is 10.1. The Hall–Kier alpha value is -3.71. The lowest BCUT2D eigenvalue weighted by molar-refractivity contribution is -0.158. The predicted molar refractivity (Wildman–Crippen MR) is 96.6 cm³/mol. The Balaban J connectivity index is 1.39. The van der Waals surface area contributed by atoms with E-state index in [0.29, 0.717) is 22.6 Å². The van der Waals surface area contributed by atoms with Gasteiger partial charge < -0.3 is 15.5 Å². The molecular weight excluding hydrogens is 421 g/mol. The highest BCUT2D eigenvalue weighted by Crippen LogP contribution is 2.25. The fourth-order valence-corrected chi connectivity index (χ4v) is 3.14. The quantitative estimate of drug-likeness (QED) is 0.612. The van der Waals surface area contributed by atoms with Crippen LogP contribution >= 0.6 is 0 Å². The minimum Gasteiger partial charge on any atom is -0.345 e. The van der Waals surface area contributed by atoms with Crippen LogP contribution in [0.1, 0.15) is 33.9 Å². The van der Waals surface area contributed by atoms with Crippen molar-refractivity contribution >= 4 is 17.6 Å². The topological polar surface area (TPSA) is 131 Å². The summed E-state index contributed by atoms with van der Waals surface area (Å²) in [4.78, 5) is 29.7. The summed E-state index contributed by atoms with van der Waals surface area (Å²) in [5.41, 5.74) is 2.04. The molecule has 0 spiro atoms. The van der Waals surface area contributed by atoms with Crippen molar-refractivity contribution in [3.8, 4) is 0 Å². The van der Waals surface area contributed by atoms with E-state index in [9.17, 15) is 22.8 Å². The number of nitrogens with zero attached hydrogens (tertiary/aromatic N) is 6. The third kappa shape index (κ3) is 4.41. The fraction of sp³-hybridized carbons (Fsp3) is 0.412. The van der Waals surface area contributed by atoms with Crippen molar-refractivity contribution in [3.05, 3.63) is 41.1 Å². The van der Waals surface area contributed by atoms with Gasteiger partial charge in [0.25, 0.3) is 5.91 Å². The average molecular weight is 438 g/mol. The van der Waals surface area contributed by atoms with Crippen molar-refractivity contribution in [2.75, 3.05) is 6.54 Å². The molecular formula is C17H17F3N8O3. The maximum Gasteiger partial charge on any atom is 0.408 e. The molecule has 164 valence electrons. The number of halogens is 3. The highest BCUT2D eigenvalue weighted by Gasteiger charge is 2.43. The minimum atomic E-state index is -4.47. The Bertz CT molecular complexity index is 1130. The van der Waals surface area contributed by atoms with Crippen LogP contribution in [0.2, 0.25) is 0 Å². The Labute approximate surface area is 172 Å². The van der Waals surface area contributed by atoms with E-state index < -0.39 is 24.2 Å². The Morgan fingerprint density at radius 1 is 1.39 bits per heavy atom. The molecule has 2 N–H and O–H groups in total. The molecule has 31 heavy (non-hydrogen) atoms. The zero-order chi connectivity index (χ0) is 22.2.